The van der Waals surface area contributed by atoms with Gasteiger partial charge in [0.2, 0.25) is 5.91 Å². The van der Waals surface area contributed by atoms with Gasteiger partial charge in [0.1, 0.15) is 11.5 Å². The molecular weight excluding hydrogens is 305 g/mol. The Balaban J connectivity index is 2.40. The fourth-order valence-electron chi connectivity index (χ4n) is 2.06. The van der Waals surface area contributed by atoms with Crippen LogP contribution in [-0.4, -0.2) is 15.9 Å². The Bertz CT molecular complexity index is 750. The van der Waals surface area contributed by atoms with E-state index in [0.717, 1.165) is 17.6 Å². The second kappa shape index (κ2) is 7.81. The smallest absolute Gasteiger partial charge is 0.228 e. The van der Waals surface area contributed by atoms with Crippen molar-refractivity contribution in [2.45, 2.75) is 34.1 Å². The summed E-state index contributed by atoms with van der Waals surface area (Å²) in [5.41, 5.74) is 3.03. The molecule has 2 aromatic rings. The third-order valence-corrected chi connectivity index (χ3v) is 3.67. The molecular formula is C19H22FN3O. The van der Waals surface area contributed by atoms with E-state index in [1.54, 1.807) is 18.3 Å². The summed E-state index contributed by atoms with van der Waals surface area (Å²) < 4.78 is 13.1. The fourth-order valence-corrected chi connectivity index (χ4v) is 2.06. The van der Waals surface area contributed by atoms with Crippen LogP contribution in [0.3, 0.4) is 0 Å². The maximum atomic E-state index is 13.1. The number of nitrogens with zero attached hydrogens (tertiary/aromatic N) is 2. The summed E-state index contributed by atoms with van der Waals surface area (Å²) in [7, 11) is 0. The lowest BCUT2D eigenvalue weighted by molar-refractivity contribution is -0.119. The minimum Gasteiger partial charge on any atom is -0.309 e. The molecule has 1 atom stereocenters. The highest BCUT2D eigenvalue weighted by atomic mass is 19.1. The lowest BCUT2D eigenvalue weighted by Crippen LogP contribution is -2.21. The highest BCUT2D eigenvalue weighted by Crippen LogP contribution is 2.22. The monoisotopic (exact) mass is 327 g/mol. The molecule has 0 saturated carbocycles. The standard InChI is InChI=1S/C19H22FN3O/c1-5-13(4)19(24)23-18-16(10-12(2)3)22-17(11-21-18)14-6-8-15(20)9-7-14/h6-11,13H,5H2,1-4H3,(H,21,23,24). The van der Waals surface area contributed by atoms with Crippen LogP contribution in [0.1, 0.15) is 39.8 Å². The first kappa shape index (κ1) is 17.8. The first-order valence-electron chi connectivity index (χ1n) is 7.99. The zero-order valence-electron chi connectivity index (χ0n) is 14.4. The minimum atomic E-state index is -0.298. The van der Waals surface area contributed by atoms with Crippen LogP contribution >= 0.6 is 0 Å². The van der Waals surface area contributed by atoms with E-state index in [2.05, 4.69) is 15.3 Å². The number of anilines is 1. The molecule has 0 aliphatic carbocycles. The van der Waals surface area contributed by atoms with Crippen LogP contribution in [0.15, 0.2) is 36.0 Å². The molecule has 5 heteroatoms. The topological polar surface area (TPSA) is 54.9 Å². The number of carbonyl (C=O) groups excluding carboxylic acids is 1. The van der Waals surface area contributed by atoms with Gasteiger partial charge in [0.15, 0.2) is 5.82 Å². The fraction of sp³-hybridized carbons (Fsp3) is 0.316. The summed E-state index contributed by atoms with van der Waals surface area (Å²) in [4.78, 5) is 21.1. The predicted octanol–water partition coefficient (Wildman–Crippen LogP) is 4.69. The molecule has 1 heterocycles. The van der Waals surface area contributed by atoms with Crippen LogP contribution in [0.25, 0.3) is 17.3 Å². The lowest BCUT2D eigenvalue weighted by atomic mass is 10.1. The average Bonchev–Trinajstić information content (AvgIpc) is 2.55. The third-order valence-electron chi connectivity index (χ3n) is 3.67. The van der Waals surface area contributed by atoms with Crippen molar-refractivity contribution >= 4 is 17.8 Å². The number of benzene rings is 1. The van der Waals surface area contributed by atoms with Crippen molar-refractivity contribution in [2.75, 3.05) is 5.32 Å². The number of carbonyl (C=O) groups is 1. The van der Waals surface area contributed by atoms with Gasteiger partial charge in [0.05, 0.1) is 11.9 Å². The number of halogens is 1. The van der Waals surface area contributed by atoms with Gasteiger partial charge in [0.25, 0.3) is 0 Å². The van der Waals surface area contributed by atoms with Gasteiger partial charge in [-0.1, -0.05) is 19.4 Å². The number of allylic oxidation sites excluding steroid dienone is 1. The zero-order chi connectivity index (χ0) is 17.7. The van der Waals surface area contributed by atoms with Gasteiger partial charge in [-0.15, -0.1) is 0 Å². The van der Waals surface area contributed by atoms with E-state index in [0.29, 0.717) is 17.2 Å². The number of rotatable bonds is 5. The van der Waals surface area contributed by atoms with E-state index in [4.69, 9.17) is 0 Å². The number of hydrogen-bond donors (Lipinski definition) is 1. The molecule has 0 spiro atoms. The molecule has 1 amide bonds. The van der Waals surface area contributed by atoms with Gasteiger partial charge in [-0.25, -0.2) is 14.4 Å². The van der Waals surface area contributed by atoms with E-state index in [1.165, 1.54) is 12.1 Å². The molecule has 1 unspecified atom stereocenters. The summed E-state index contributed by atoms with van der Waals surface area (Å²) in [6.07, 6.45) is 4.21. The highest BCUT2D eigenvalue weighted by molar-refractivity contribution is 5.93. The van der Waals surface area contributed by atoms with Crippen LogP contribution in [-0.2, 0) is 4.79 Å². The molecule has 2 rings (SSSR count). The SMILES string of the molecule is CCC(C)C(=O)Nc1ncc(-c2ccc(F)cc2)nc1C=C(C)C. The van der Waals surface area contributed by atoms with Crippen LogP contribution in [0.2, 0.25) is 0 Å². The van der Waals surface area contributed by atoms with E-state index < -0.39 is 0 Å². The van der Waals surface area contributed by atoms with E-state index in [1.807, 2.05) is 33.8 Å². The average molecular weight is 327 g/mol. The van der Waals surface area contributed by atoms with Gasteiger partial charge in [-0.2, -0.15) is 0 Å². The molecule has 0 fully saturated rings. The van der Waals surface area contributed by atoms with Gasteiger partial charge in [0, 0.05) is 11.5 Å². The number of hydrogen-bond acceptors (Lipinski definition) is 3. The van der Waals surface area contributed by atoms with E-state index in [9.17, 15) is 9.18 Å². The van der Waals surface area contributed by atoms with E-state index in [-0.39, 0.29) is 17.6 Å². The summed E-state index contributed by atoms with van der Waals surface area (Å²) in [6, 6.07) is 6.08. The summed E-state index contributed by atoms with van der Waals surface area (Å²) in [5.74, 6) is -0.0334. The molecule has 0 bridgehead atoms. The van der Waals surface area contributed by atoms with Crippen molar-refractivity contribution in [2.24, 2.45) is 5.92 Å². The van der Waals surface area contributed by atoms with Crippen molar-refractivity contribution in [1.82, 2.24) is 9.97 Å². The minimum absolute atomic E-state index is 0.0789. The maximum absolute atomic E-state index is 13.1. The Morgan fingerprint density at radius 2 is 1.96 bits per heavy atom. The molecule has 0 aliphatic rings. The van der Waals surface area contributed by atoms with Crippen molar-refractivity contribution in [3.05, 3.63) is 47.5 Å². The van der Waals surface area contributed by atoms with Gasteiger partial charge in [-0.3, -0.25) is 4.79 Å². The molecule has 0 saturated heterocycles. The van der Waals surface area contributed by atoms with Crippen molar-refractivity contribution in [1.29, 1.82) is 0 Å². The summed E-state index contributed by atoms with van der Waals surface area (Å²) in [5, 5.41) is 2.84. The van der Waals surface area contributed by atoms with Crippen molar-refractivity contribution < 1.29 is 9.18 Å². The number of aromatic nitrogens is 2. The van der Waals surface area contributed by atoms with Crippen LogP contribution in [0, 0.1) is 11.7 Å². The summed E-state index contributed by atoms with van der Waals surface area (Å²) >= 11 is 0. The van der Waals surface area contributed by atoms with Gasteiger partial charge >= 0.3 is 0 Å². The van der Waals surface area contributed by atoms with Crippen molar-refractivity contribution in [3.63, 3.8) is 0 Å². The first-order valence-corrected chi connectivity index (χ1v) is 7.99. The van der Waals surface area contributed by atoms with Crippen LogP contribution in [0.4, 0.5) is 10.2 Å². The number of amides is 1. The Labute approximate surface area is 141 Å². The highest BCUT2D eigenvalue weighted by Gasteiger charge is 2.14. The quantitative estimate of drug-likeness (QED) is 0.866. The lowest BCUT2D eigenvalue weighted by Gasteiger charge is -2.12. The zero-order valence-corrected chi connectivity index (χ0v) is 14.4. The Hall–Kier alpha value is -2.56. The molecule has 0 radical (unpaired) electrons. The third kappa shape index (κ3) is 4.47. The summed E-state index contributed by atoms with van der Waals surface area (Å²) in [6.45, 7) is 7.74. The maximum Gasteiger partial charge on any atom is 0.228 e. The Morgan fingerprint density at radius 3 is 2.54 bits per heavy atom. The molecule has 126 valence electrons. The largest absolute Gasteiger partial charge is 0.309 e. The molecule has 1 aromatic heterocycles. The van der Waals surface area contributed by atoms with Gasteiger partial charge < -0.3 is 5.32 Å². The van der Waals surface area contributed by atoms with Crippen LogP contribution in [0.5, 0.6) is 0 Å². The number of nitrogens with one attached hydrogen (secondary N) is 1. The Kier molecular flexibility index (Phi) is 5.79. The Morgan fingerprint density at radius 1 is 1.29 bits per heavy atom. The van der Waals surface area contributed by atoms with Crippen molar-refractivity contribution in [3.8, 4) is 11.3 Å². The van der Waals surface area contributed by atoms with Gasteiger partial charge in [-0.05, 0) is 50.6 Å². The normalized spacial score (nSPS) is 11.7. The molecule has 4 nitrogen and oxygen atoms in total. The van der Waals surface area contributed by atoms with E-state index >= 15 is 0 Å². The predicted molar refractivity (Wildman–Crippen MR) is 94.8 cm³/mol. The second-order valence-corrected chi connectivity index (χ2v) is 6.02. The van der Waals surface area contributed by atoms with Crippen LogP contribution < -0.4 is 5.32 Å². The molecule has 24 heavy (non-hydrogen) atoms. The first-order chi connectivity index (χ1) is 11.4. The molecule has 1 aromatic carbocycles. The molecule has 0 aliphatic heterocycles. The second-order valence-electron chi connectivity index (χ2n) is 6.02. The molecule has 1 N–H and O–H groups in total.